The van der Waals surface area contributed by atoms with Gasteiger partial charge >= 0.3 is 5.97 Å². The van der Waals surface area contributed by atoms with Gasteiger partial charge in [-0.3, -0.25) is 4.79 Å². The van der Waals surface area contributed by atoms with Gasteiger partial charge in [0.25, 0.3) is 0 Å². The maximum absolute atomic E-state index is 12.7. The quantitative estimate of drug-likeness (QED) is 0.782. The van der Waals surface area contributed by atoms with Crippen molar-refractivity contribution >= 4 is 16.9 Å². The second kappa shape index (κ2) is 6.32. The van der Waals surface area contributed by atoms with E-state index in [0.29, 0.717) is 22.6 Å². The van der Waals surface area contributed by atoms with Gasteiger partial charge in [-0.25, -0.2) is 4.79 Å². The summed E-state index contributed by atoms with van der Waals surface area (Å²) in [5.41, 5.74) is 0.586. The molecule has 128 valence electrons. The molecule has 0 atom stereocenters. The average molecular weight is 340 g/mol. The van der Waals surface area contributed by atoms with Crippen molar-refractivity contribution < 1.29 is 23.8 Å². The Hall–Kier alpha value is -3.28. The fourth-order valence-corrected chi connectivity index (χ4v) is 2.68. The van der Waals surface area contributed by atoms with E-state index in [1.54, 1.807) is 36.4 Å². The average Bonchev–Trinajstić information content (AvgIpc) is 2.61. The summed E-state index contributed by atoms with van der Waals surface area (Å²) in [6, 6.07) is 9.88. The zero-order valence-electron chi connectivity index (χ0n) is 14.0. The number of fused-ring (bicyclic) bond motifs is 1. The van der Waals surface area contributed by atoms with Crippen LogP contribution < -0.4 is 14.9 Å². The molecule has 3 aromatic rings. The van der Waals surface area contributed by atoms with Crippen molar-refractivity contribution in [3.63, 3.8) is 0 Å². The normalized spacial score (nSPS) is 10.7. The summed E-state index contributed by atoms with van der Waals surface area (Å²) in [4.78, 5) is 24.4. The molecular formula is C19H16O6. The number of carboxylic acid groups (broad SMARTS) is 1. The van der Waals surface area contributed by atoms with Crippen molar-refractivity contribution in [3.8, 4) is 22.8 Å². The van der Waals surface area contributed by atoms with Gasteiger partial charge < -0.3 is 19.0 Å². The highest BCUT2D eigenvalue weighted by Crippen LogP contribution is 2.34. The summed E-state index contributed by atoms with van der Waals surface area (Å²) < 4.78 is 16.2. The van der Waals surface area contributed by atoms with Crippen molar-refractivity contribution in [3.05, 3.63) is 57.7 Å². The first-order valence-electron chi connectivity index (χ1n) is 7.49. The van der Waals surface area contributed by atoms with E-state index in [4.69, 9.17) is 13.9 Å². The van der Waals surface area contributed by atoms with Crippen LogP contribution in [0.2, 0.25) is 0 Å². The van der Waals surface area contributed by atoms with Crippen molar-refractivity contribution in [2.24, 2.45) is 0 Å². The van der Waals surface area contributed by atoms with Gasteiger partial charge in [0.1, 0.15) is 5.58 Å². The van der Waals surface area contributed by atoms with Gasteiger partial charge in [-0.2, -0.15) is 0 Å². The first-order chi connectivity index (χ1) is 12.0. The highest BCUT2D eigenvalue weighted by molar-refractivity contribution is 5.98. The zero-order chi connectivity index (χ0) is 18.1. The summed E-state index contributed by atoms with van der Waals surface area (Å²) in [6.07, 6.45) is 0. The lowest BCUT2D eigenvalue weighted by molar-refractivity contribution is 0.0694. The molecule has 6 heteroatoms. The Bertz CT molecular complexity index is 1030. The number of ether oxygens (including phenoxy) is 2. The molecule has 0 radical (unpaired) electrons. The van der Waals surface area contributed by atoms with Crippen LogP contribution in [0.5, 0.6) is 11.5 Å². The van der Waals surface area contributed by atoms with Crippen molar-refractivity contribution in [1.29, 1.82) is 0 Å². The molecule has 0 fully saturated rings. The van der Waals surface area contributed by atoms with Crippen LogP contribution in [-0.2, 0) is 0 Å². The van der Waals surface area contributed by atoms with Gasteiger partial charge in [0.05, 0.1) is 19.6 Å². The molecule has 0 aliphatic rings. The summed E-state index contributed by atoms with van der Waals surface area (Å²) in [5.74, 6) is -0.471. The van der Waals surface area contributed by atoms with Gasteiger partial charge in [0.15, 0.2) is 22.8 Å². The topological polar surface area (TPSA) is 86.0 Å². The molecule has 0 saturated carbocycles. The molecule has 2 aromatic carbocycles. The largest absolute Gasteiger partial charge is 0.493 e. The Balaban J connectivity index is 2.36. The number of hydrogen-bond acceptors (Lipinski definition) is 5. The molecule has 1 heterocycles. The SMILES string of the molecule is COc1ccc(-c2oc3ccc(C)cc3c(=O)c2C(=O)O)cc1OC. The third kappa shape index (κ3) is 2.82. The number of benzene rings is 2. The molecule has 6 nitrogen and oxygen atoms in total. The van der Waals surface area contributed by atoms with Crippen LogP contribution in [0.25, 0.3) is 22.3 Å². The number of rotatable bonds is 4. The van der Waals surface area contributed by atoms with Crippen LogP contribution in [-0.4, -0.2) is 25.3 Å². The summed E-state index contributed by atoms with van der Waals surface area (Å²) in [5, 5.41) is 9.79. The van der Waals surface area contributed by atoms with Crippen molar-refractivity contribution in [2.75, 3.05) is 14.2 Å². The lowest BCUT2D eigenvalue weighted by Crippen LogP contribution is -2.16. The molecule has 1 aromatic heterocycles. The summed E-state index contributed by atoms with van der Waals surface area (Å²) in [7, 11) is 2.97. The Morgan fingerprint density at radius 3 is 2.40 bits per heavy atom. The number of aromatic carboxylic acids is 1. The molecule has 3 rings (SSSR count). The zero-order valence-corrected chi connectivity index (χ0v) is 14.0. The van der Waals surface area contributed by atoms with Crippen LogP contribution in [0.15, 0.2) is 45.6 Å². The standard InChI is InChI=1S/C19H16O6/c1-10-4-6-13-12(8-10)17(20)16(19(21)22)18(25-13)11-5-7-14(23-2)15(9-11)24-3/h4-9H,1-3H3,(H,21,22). The second-order valence-corrected chi connectivity index (χ2v) is 5.51. The molecule has 0 bridgehead atoms. The van der Waals surface area contributed by atoms with E-state index >= 15 is 0 Å². The first kappa shape index (κ1) is 16.6. The fourth-order valence-electron chi connectivity index (χ4n) is 2.68. The lowest BCUT2D eigenvalue weighted by atomic mass is 10.0. The summed E-state index contributed by atoms with van der Waals surface area (Å²) in [6.45, 7) is 1.82. The monoisotopic (exact) mass is 340 g/mol. The van der Waals surface area contributed by atoms with E-state index in [9.17, 15) is 14.7 Å². The minimum atomic E-state index is -1.35. The highest BCUT2D eigenvalue weighted by Gasteiger charge is 2.22. The molecule has 0 aliphatic heterocycles. The Kier molecular flexibility index (Phi) is 4.19. The minimum Gasteiger partial charge on any atom is -0.493 e. The van der Waals surface area contributed by atoms with Gasteiger partial charge in [-0.15, -0.1) is 0 Å². The maximum Gasteiger partial charge on any atom is 0.343 e. The number of carboxylic acids is 1. The molecule has 1 N–H and O–H groups in total. The van der Waals surface area contributed by atoms with E-state index in [-0.39, 0.29) is 11.1 Å². The second-order valence-electron chi connectivity index (χ2n) is 5.51. The first-order valence-corrected chi connectivity index (χ1v) is 7.49. The highest BCUT2D eigenvalue weighted by atomic mass is 16.5. The molecule has 0 saturated heterocycles. The Morgan fingerprint density at radius 2 is 1.76 bits per heavy atom. The van der Waals surface area contributed by atoms with E-state index in [1.807, 2.05) is 6.92 Å². The third-order valence-corrected chi connectivity index (χ3v) is 3.91. The van der Waals surface area contributed by atoms with Gasteiger partial charge in [-0.1, -0.05) is 11.6 Å². The number of methoxy groups -OCH3 is 2. The minimum absolute atomic E-state index is 0.0187. The summed E-state index contributed by atoms with van der Waals surface area (Å²) >= 11 is 0. The van der Waals surface area contributed by atoms with Crippen molar-refractivity contribution in [2.45, 2.75) is 6.92 Å². The van der Waals surface area contributed by atoms with Gasteiger partial charge in [-0.05, 0) is 37.3 Å². The van der Waals surface area contributed by atoms with E-state index in [1.165, 1.54) is 14.2 Å². The van der Waals surface area contributed by atoms with E-state index in [0.717, 1.165) is 5.56 Å². The number of carbonyl (C=O) groups is 1. The molecule has 0 unspecified atom stereocenters. The van der Waals surface area contributed by atoms with Crippen molar-refractivity contribution in [1.82, 2.24) is 0 Å². The van der Waals surface area contributed by atoms with Gasteiger partial charge in [0.2, 0.25) is 5.43 Å². The smallest absolute Gasteiger partial charge is 0.343 e. The predicted octanol–water partition coefficient (Wildman–Crippen LogP) is 3.48. The molecule has 25 heavy (non-hydrogen) atoms. The van der Waals surface area contributed by atoms with Crippen LogP contribution in [0.4, 0.5) is 0 Å². The fraction of sp³-hybridized carbons (Fsp3) is 0.158. The number of hydrogen-bond donors (Lipinski definition) is 1. The molecular weight excluding hydrogens is 324 g/mol. The molecule has 0 spiro atoms. The van der Waals surface area contributed by atoms with Crippen LogP contribution in [0.1, 0.15) is 15.9 Å². The van der Waals surface area contributed by atoms with Gasteiger partial charge in [0, 0.05) is 5.56 Å². The third-order valence-electron chi connectivity index (χ3n) is 3.91. The van der Waals surface area contributed by atoms with Crippen LogP contribution >= 0.6 is 0 Å². The number of aryl methyl sites for hydroxylation is 1. The predicted molar refractivity (Wildman–Crippen MR) is 92.7 cm³/mol. The van der Waals surface area contributed by atoms with E-state index in [2.05, 4.69) is 0 Å². The maximum atomic E-state index is 12.7. The Morgan fingerprint density at radius 1 is 1.04 bits per heavy atom. The Labute approximate surface area is 143 Å². The molecule has 0 aliphatic carbocycles. The lowest BCUT2D eigenvalue weighted by Gasteiger charge is -2.11. The van der Waals surface area contributed by atoms with Crippen LogP contribution in [0, 0.1) is 6.92 Å². The molecule has 0 amide bonds. The van der Waals surface area contributed by atoms with Crippen LogP contribution in [0.3, 0.4) is 0 Å². The van der Waals surface area contributed by atoms with E-state index < -0.39 is 17.0 Å².